The molecule has 1 heterocycles. The molecule has 0 atom stereocenters. The lowest BCUT2D eigenvalue weighted by molar-refractivity contribution is -0.386. The fraction of sp³-hybridized carbons (Fsp3) is 0.214. The Hall–Kier alpha value is -2.15. The van der Waals surface area contributed by atoms with Gasteiger partial charge in [-0.15, -0.1) is 0 Å². The minimum Gasteiger partial charge on any atom is -0.481 e. The molecule has 0 spiro atoms. The Bertz CT molecular complexity index is 649. The van der Waals surface area contributed by atoms with Gasteiger partial charge in [0, 0.05) is 18.8 Å². The number of nitrogens with one attached hydrogen (secondary N) is 1. The van der Waals surface area contributed by atoms with E-state index in [0.29, 0.717) is 4.47 Å². The van der Waals surface area contributed by atoms with Crippen molar-refractivity contribution >= 4 is 27.4 Å². The van der Waals surface area contributed by atoms with Crippen LogP contribution < -0.4 is 10.1 Å². The fourth-order valence-electron chi connectivity index (χ4n) is 1.78. The number of hydrogen-bond acceptors (Lipinski definition) is 5. The molecular formula is C14H14BrN3O3. The SMILES string of the molecule is CCNc1cc(COc2c(Br)cccc2[N+](=O)[O-])ccn1. The number of rotatable bonds is 6. The lowest BCUT2D eigenvalue weighted by Gasteiger charge is -2.09. The molecule has 0 aliphatic carbocycles. The number of hydrogen-bond donors (Lipinski definition) is 1. The molecule has 0 aliphatic heterocycles. The van der Waals surface area contributed by atoms with Gasteiger partial charge in [0.15, 0.2) is 0 Å². The second kappa shape index (κ2) is 7.03. The second-order valence-electron chi connectivity index (χ2n) is 4.21. The third-order valence-corrected chi connectivity index (χ3v) is 3.33. The van der Waals surface area contributed by atoms with Crippen LogP contribution in [0.15, 0.2) is 41.0 Å². The van der Waals surface area contributed by atoms with Gasteiger partial charge in [-0.3, -0.25) is 10.1 Å². The molecule has 110 valence electrons. The Balaban J connectivity index is 2.16. The highest BCUT2D eigenvalue weighted by Crippen LogP contribution is 2.35. The zero-order valence-electron chi connectivity index (χ0n) is 11.4. The van der Waals surface area contributed by atoms with E-state index >= 15 is 0 Å². The molecule has 0 amide bonds. The molecule has 0 unspecified atom stereocenters. The first kappa shape index (κ1) is 15.2. The van der Waals surface area contributed by atoms with Crippen LogP contribution in [0.25, 0.3) is 0 Å². The van der Waals surface area contributed by atoms with Gasteiger partial charge < -0.3 is 10.1 Å². The summed E-state index contributed by atoms with van der Waals surface area (Å²) >= 11 is 3.27. The van der Waals surface area contributed by atoms with Crippen LogP contribution in [0, 0.1) is 10.1 Å². The molecule has 0 aliphatic rings. The van der Waals surface area contributed by atoms with Gasteiger partial charge in [-0.05, 0) is 46.6 Å². The van der Waals surface area contributed by atoms with E-state index in [1.54, 1.807) is 18.3 Å². The standard InChI is InChI=1S/C14H14BrN3O3/c1-2-16-13-8-10(6-7-17-13)9-21-14-11(15)4-3-5-12(14)18(19)20/h3-8H,2,9H2,1H3,(H,16,17). The molecule has 0 fully saturated rings. The van der Waals surface area contributed by atoms with Gasteiger partial charge in [-0.1, -0.05) is 6.07 Å². The van der Waals surface area contributed by atoms with Crippen molar-refractivity contribution in [2.45, 2.75) is 13.5 Å². The molecule has 0 saturated heterocycles. The topological polar surface area (TPSA) is 77.3 Å². The van der Waals surface area contributed by atoms with Gasteiger partial charge >= 0.3 is 5.69 Å². The maximum absolute atomic E-state index is 11.0. The summed E-state index contributed by atoms with van der Waals surface area (Å²) in [5, 5.41) is 14.1. The Morgan fingerprint density at radius 2 is 2.24 bits per heavy atom. The quantitative estimate of drug-likeness (QED) is 0.633. The van der Waals surface area contributed by atoms with E-state index in [2.05, 4.69) is 26.2 Å². The number of ether oxygens (including phenoxy) is 1. The Morgan fingerprint density at radius 3 is 2.95 bits per heavy atom. The lowest BCUT2D eigenvalue weighted by atomic mass is 10.2. The predicted octanol–water partition coefficient (Wildman–Crippen LogP) is 3.76. The Labute approximate surface area is 130 Å². The van der Waals surface area contributed by atoms with Crippen molar-refractivity contribution < 1.29 is 9.66 Å². The molecule has 1 aromatic heterocycles. The van der Waals surface area contributed by atoms with Gasteiger partial charge in [0.25, 0.3) is 0 Å². The fourth-order valence-corrected chi connectivity index (χ4v) is 2.25. The molecular weight excluding hydrogens is 338 g/mol. The smallest absolute Gasteiger partial charge is 0.312 e. The molecule has 0 saturated carbocycles. The summed E-state index contributed by atoms with van der Waals surface area (Å²) in [5.41, 5.74) is 0.816. The second-order valence-corrected chi connectivity index (χ2v) is 5.07. The highest BCUT2D eigenvalue weighted by Gasteiger charge is 2.17. The number of pyridine rings is 1. The van der Waals surface area contributed by atoms with E-state index in [-0.39, 0.29) is 18.0 Å². The highest BCUT2D eigenvalue weighted by molar-refractivity contribution is 9.10. The van der Waals surface area contributed by atoms with Crippen molar-refractivity contribution in [3.8, 4) is 5.75 Å². The summed E-state index contributed by atoms with van der Waals surface area (Å²) in [7, 11) is 0. The first-order valence-corrected chi connectivity index (χ1v) is 7.15. The number of benzene rings is 1. The Kier molecular flexibility index (Phi) is 5.10. The van der Waals surface area contributed by atoms with Crippen molar-refractivity contribution in [2.24, 2.45) is 0 Å². The minimum atomic E-state index is -0.462. The number of anilines is 1. The Morgan fingerprint density at radius 1 is 1.43 bits per heavy atom. The average Bonchev–Trinajstić information content (AvgIpc) is 2.46. The van der Waals surface area contributed by atoms with Gasteiger partial charge in [-0.2, -0.15) is 0 Å². The van der Waals surface area contributed by atoms with Gasteiger partial charge in [-0.25, -0.2) is 4.98 Å². The van der Waals surface area contributed by atoms with E-state index in [9.17, 15) is 10.1 Å². The monoisotopic (exact) mass is 351 g/mol. The van der Waals surface area contributed by atoms with Crippen LogP contribution in [-0.2, 0) is 6.61 Å². The van der Waals surface area contributed by atoms with E-state index in [1.807, 2.05) is 19.1 Å². The van der Waals surface area contributed by atoms with Gasteiger partial charge in [0.05, 0.1) is 9.40 Å². The maximum atomic E-state index is 11.0. The first-order valence-electron chi connectivity index (χ1n) is 6.36. The normalized spacial score (nSPS) is 10.2. The zero-order valence-corrected chi connectivity index (χ0v) is 13.0. The number of nitrogens with zero attached hydrogens (tertiary/aromatic N) is 2. The maximum Gasteiger partial charge on any atom is 0.312 e. The largest absolute Gasteiger partial charge is 0.481 e. The van der Waals surface area contributed by atoms with Crippen molar-refractivity contribution in [1.29, 1.82) is 0 Å². The van der Waals surface area contributed by atoms with Crippen LogP contribution >= 0.6 is 15.9 Å². The van der Waals surface area contributed by atoms with Crippen molar-refractivity contribution in [3.63, 3.8) is 0 Å². The summed E-state index contributed by atoms with van der Waals surface area (Å²) in [6.45, 7) is 2.98. The summed E-state index contributed by atoms with van der Waals surface area (Å²) in [6.07, 6.45) is 1.67. The molecule has 6 nitrogen and oxygen atoms in total. The van der Waals surface area contributed by atoms with E-state index in [4.69, 9.17) is 4.74 Å². The summed E-state index contributed by atoms with van der Waals surface area (Å²) in [4.78, 5) is 14.7. The van der Waals surface area contributed by atoms with Crippen LogP contribution in [0.2, 0.25) is 0 Å². The molecule has 1 aromatic carbocycles. The average molecular weight is 352 g/mol. The molecule has 7 heteroatoms. The van der Waals surface area contributed by atoms with Crippen LogP contribution in [0.1, 0.15) is 12.5 Å². The molecule has 2 aromatic rings. The predicted molar refractivity (Wildman–Crippen MR) is 83.5 cm³/mol. The van der Waals surface area contributed by atoms with Crippen LogP contribution in [0.4, 0.5) is 11.5 Å². The summed E-state index contributed by atoms with van der Waals surface area (Å²) < 4.78 is 6.16. The van der Waals surface area contributed by atoms with Gasteiger partial charge in [0.2, 0.25) is 5.75 Å². The van der Waals surface area contributed by atoms with E-state index < -0.39 is 4.92 Å². The molecule has 2 rings (SSSR count). The van der Waals surface area contributed by atoms with Crippen LogP contribution in [0.3, 0.4) is 0 Å². The number of para-hydroxylation sites is 1. The number of halogens is 1. The molecule has 21 heavy (non-hydrogen) atoms. The van der Waals surface area contributed by atoms with Crippen molar-refractivity contribution in [3.05, 3.63) is 56.7 Å². The number of nitro groups is 1. The van der Waals surface area contributed by atoms with Gasteiger partial charge in [0.1, 0.15) is 12.4 Å². The lowest BCUT2D eigenvalue weighted by Crippen LogP contribution is -2.03. The van der Waals surface area contributed by atoms with E-state index in [0.717, 1.165) is 17.9 Å². The highest BCUT2D eigenvalue weighted by atomic mass is 79.9. The number of aromatic nitrogens is 1. The third-order valence-electron chi connectivity index (χ3n) is 2.71. The summed E-state index contributed by atoms with van der Waals surface area (Å²) in [5.74, 6) is 0.976. The first-order chi connectivity index (χ1) is 10.1. The number of nitro benzene ring substituents is 1. The molecule has 0 radical (unpaired) electrons. The zero-order chi connectivity index (χ0) is 15.2. The van der Waals surface area contributed by atoms with E-state index in [1.165, 1.54) is 6.07 Å². The third kappa shape index (κ3) is 3.91. The summed E-state index contributed by atoms with van der Waals surface area (Å²) in [6, 6.07) is 8.39. The molecule has 0 bridgehead atoms. The van der Waals surface area contributed by atoms with Crippen molar-refractivity contribution in [2.75, 3.05) is 11.9 Å². The molecule has 1 N–H and O–H groups in total. The van der Waals surface area contributed by atoms with Crippen LogP contribution in [-0.4, -0.2) is 16.5 Å². The van der Waals surface area contributed by atoms with Crippen molar-refractivity contribution in [1.82, 2.24) is 4.98 Å². The van der Waals surface area contributed by atoms with Crippen LogP contribution in [0.5, 0.6) is 5.75 Å². The minimum absolute atomic E-state index is 0.0645.